The molecule has 146 valence electrons. The molecule has 0 fully saturated rings. The minimum Gasteiger partial charge on any atom is -0.492 e. The Morgan fingerprint density at radius 1 is 1.19 bits per heavy atom. The zero-order chi connectivity index (χ0) is 20.0. The summed E-state index contributed by atoms with van der Waals surface area (Å²) in [5.74, 6) is 0.418. The molecule has 0 unspecified atom stereocenters. The van der Waals surface area contributed by atoms with Gasteiger partial charge in [-0.2, -0.15) is 0 Å². The molecule has 0 radical (unpaired) electrons. The lowest BCUT2D eigenvalue weighted by Crippen LogP contribution is -2.31. The fourth-order valence-corrected chi connectivity index (χ4v) is 3.77. The maximum absolute atomic E-state index is 12.5. The average molecular weight is 411 g/mol. The zero-order valence-corrected chi connectivity index (χ0v) is 17.0. The van der Waals surface area contributed by atoms with Crippen molar-refractivity contribution in [2.24, 2.45) is 0 Å². The normalized spacial score (nSPS) is 11.4. The predicted molar refractivity (Wildman–Crippen MR) is 106 cm³/mol. The molecule has 8 heteroatoms. The lowest BCUT2D eigenvalue weighted by atomic mass is 10.2. The third-order valence-corrected chi connectivity index (χ3v) is 5.55. The molecule has 0 aliphatic carbocycles. The number of carbonyl (C=O) groups excluding carboxylic acids is 1. The Morgan fingerprint density at radius 3 is 2.44 bits per heavy atom. The van der Waals surface area contributed by atoms with E-state index >= 15 is 0 Å². The van der Waals surface area contributed by atoms with Crippen LogP contribution in [0.1, 0.15) is 24.2 Å². The largest absolute Gasteiger partial charge is 0.492 e. The number of halogens is 1. The van der Waals surface area contributed by atoms with Crippen LogP contribution in [0.5, 0.6) is 5.75 Å². The van der Waals surface area contributed by atoms with Gasteiger partial charge in [0.05, 0.1) is 11.4 Å². The maximum Gasteiger partial charge on any atom is 0.253 e. The number of benzene rings is 2. The van der Waals surface area contributed by atoms with Crippen LogP contribution in [0.2, 0.25) is 5.02 Å². The lowest BCUT2D eigenvalue weighted by molar-refractivity contribution is 0.0773. The fraction of sp³-hybridized carbons (Fsp3) is 0.316. The number of nitrogens with one attached hydrogen (secondary N) is 1. The number of hydrogen-bond donors (Lipinski definition) is 1. The third-order valence-electron chi connectivity index (χ3n) is 3.64. The molecule has 0 spiro atoms. The highest BCUT2D eigenvalue weighted by atomic mass is 35.5. The number of nitrogens with zero attached hydrogens (tertiary/aromatic N) is 1. The molecular weight excluding hydrogens is 388 g/mol. The molecule has 1 amide bonds. The molecule has 2 rings (SSSR count). The van der Waals surface area contributed by atoms with Gasteiger partial charge >= 0.3 is 0 Å². The molecule has 0 atom stereocenters. The molecule has 27 heavy (non-hydrogen) atoms. The third kappa shape index (κ3) is 6.23. The highest BCUT2D eigenvalue weighted by Gasteiger charge is 2.17. The van der Waals surface area contributed by atoms with E-state index in [1.807, 2.05) is 0 Å². The van der Waals surface area contributed by atoms with Gasteiger partial charge < -0.3 is 9.64 Å². The standard InChI is InChI=1S/C19H23ClN2O4S/c1-14(2)21-27(24,25)18-9-7-15(8-10-18)19(23)22(3)11-12-26-17-6-4-5-16(20)13-17/h4-10,13-14,21H,11-12H2,1-3H3. The first-order chi connectivity index (χ1) is 12.7. The SMILES string of the molecule is CC(C)NS(=O)(=O)c1ccc(C(=O)N(C)CCOc2cccc(Cl)c2)cc1. The predicted octanol–water partition coefficient (Wildman–Crippen LogP) is 3.18. The molecule has 0 aliphatic heterocycles. The Balaban J connectivity index is 1.94. The quantitative estimate of drug-likeness (QED) is 0.725. The van der Waals surface area contributed by atoms with Crippen LogP contribution in [0, 0.1) is 0 Å². The summed E-state index contributed by atoms with van der Waals surface area (Å²) in [5, 5.41) is 0.582. The van der Waals surface area contributed by atoms with Crippen LogP contribution in [0.15, 0.2) is 53.4 Å². The summed E-state index contributed by atoms with van der Waals surface area (Å²) in [4.78, 5) is 14.1. The average Bonchev–Trinajstić information content (AvgIpc) is 2.60. The van der Waals surface area contributed by atoms with Gasteiger partial charge in [-0.05, 0) is 56.3 Å². The topological polar surface area (TPSA) is 75.7 Å². The van der Waals surface area contributed by atoms with Crippen molar-refractivity contribution in [2.75, 3.05) is 20.2 Å². The first-order valence-electron chi connectivity index (χ1n) is 8.45. The zero-order valence-electron chi connectivity index (χ0n) is 15.5. The van der Waals surface area contributed by atoms with Crippen LogP contribution in [0.4, 0.5) is 0 Å². The van der Waals surface area contributed by atoms with Gasteiger partial charge in [0.1, 0.15) is 12.4 Å². The molecular formula is C19H23ClN2O4S. The summed E-state index contributed by atoms with van der Waals surface area (Å²) in [6, 6.07) is 12.7. The number of amides is 1. The Labute approximate surface area is 165 Å². The lowest BCUT2D eigenvalue weighted by Gasteiger charge is -2.18. The number of hydrogen-bond acceptors (Lipinski definition) is 4. The Morgan fingerprint density at radius 2 is 1.85 bits per heavy atom. The van der Waals surface area contributed by atoms with E-state index in [-0.39, 0.29) is 16.8 Å². The van der Waals surface area contributed by atoms with Crippen LogP contribution in [-0.2, 0) is 10.0 Å². The molecule has 0 saturated heterocycles. The van der Waals surface area contributed by atoms with Crippen molar-refractivity contribution in [3.05, 3.63) is 59.1 Å². The molecule has 2 aromatic carbocycles. The Kier molecular flexibility index (Phi) is 7.24. The minimum atomic E-state index is -3.58. The Bertz CT molecular complexity index is 883. The minimum absolute atomic E-state index is 0.125. The van der Waals surface area contributed by atoms with Crippen LogP contribution in [0.3, 0.4) is 0 Å². The van der Waals surface area contributed by atoms with Crippen molar-refractivity contribution < 1.29 is 17.9 Å². The summed E-state index contributed by atoms with van der Waals surface area (Å²) < 4.78 is 32.3. The molecule has 0 aliphatic rings. The molecule has 0 bridgehead atoms. The highest BCUT2D eigenvalue weighted by molar-refractivity contribution is 7.89. The molecule has 0 aromatic heterocycles. The maximum atomic E-state index is 12.5. The molecule has 0 heterocycles. The smallest absolute Gasteiger partial charge is 0.253 e. The second-order valence-electron chi connectivity index (χ2n) is 6.33. The number of ether oxygens (including phenoxy) is 1. The monoisotopic (exact) mass is 410 g/mol. The van der Waals surface area contributed by atoms with E-state index in [0.29, 0.717) is 29.5 Å². The van der Waals surface area contributed by atoms with Crippen molar-refractivity contribution in [3.63, 3.8) is 0 Å². The fourth-order valence-electron chi connectivity index (χ4n) is 2.33. The van der Waals surface area contributed by atoms with Crippen molar-refractivity contribution in [2.45, 2.75) is 24.8 Å². The van der Waals surface area contributed by atoms with E-state index in [2.05, 4.69) is 4.72 Å². The number of carbonyl (C=O) groups is 1. The van der Waals surface area contributed by atoms with Gasteiger partial charge in [0.15, 0.2) is 0 Å². The number of sulfonamides is 1. The molecule has 2 aromatic rings. The van der Waals surface area contributed by atoms with Crippen molar-refractivity contribution in [1.82, 2.24) is 9.62 Å². The molecule has 1 N–H and O–H groups in total. The van der Waals surface area contributed by atoms with Crippen LogP contribution < -0.4 is 9.46 Å². The summed E-state index contributed by atoms with van der Waals surface area (Å²) in [5.41, 5.74) is 0.406. The van der Waals surface area contributed by atoms with E-state index < -0.39 is 10.0 Å². The van der Waals surface area contributed by atoms with Crippen LogP contribution in [0.25, 0.3) is 0 Å². The highest BCUT2D eigenvalue weighted by Crippen LogP contribution is 2.17. The first-order valence-corrected chi connectivity index (χ1v) is 10.3. The van der Waals surface area contributed by atoms with Gasteiger partial charge in [0.2, 0.25) is 10.0 Å². The summed E-state index contributed by atoms with van der Waals surface area (Å²) in [7, 11) is -1.91. The number of likely N-dealkylation sites (N-methyl/N-ethyl adjacent to an activating group) is 1. The van der Waals surface area contributed by atoms with Crippen LogP contribution in [-0.4, -0.2) is 45.5 Å². The van der Waals surface area contributed by atoms with E-state index in [4.69, 9.17) is 16.3 Å². The second-order valence-corrected chi connectivity index (χ2v) is 8.48. The Hall–Kier alpha value is -2.09. The molecule has 0 saturated carbocycles. The van der Waals surface area contributed by atoms with E-state index in [1.54, 1.807) is 45.2 Å². The first kappa shape index (κ1) is 21.2. The van der Waals surface area contributed by atoms with E-state index in [0.717, 1.165) is 0 Å². The van der Waals surface area contributed by atoms with Gasteiger partial charge in [0, 0.05) is 23.7 Å². The van der Waals surface area contributed by atoms with Gasteiger partial charge in [-0.3, -0.25) is 4.79 Å². The summed E-state index contributed by atoms with van der Waals surface area (Å²) in [6.07, 6.45) is 0. The van der Waals surface area contributed by atoms with E-state index in [1.165, 1.54) is 29.2 Å². The van der Waals surface area contributed by atoms with Crippen molar-refractivity contribution in [1.29, 1.82) is 0 Å². The number of rotatable bonds is 8. The van der Waals surface area contributed by atoms with Gasteiger partial charge in [0.25, 0.3) is 5.91 Å². The van der Waals surface area contributed by atoms with Crippen molar-refractivity contribution in [3.8, 4) is 5.75 Å². The second kappa shape index (κ2) is 9.21. The summed E-state index contributed by atoms with van der Waals surface area (Å²) in [6.45, 7) is 4.18. The van der Waals surface area contributed by atoms with E-state index in [9.17, 15) is 13.2 Å². The van der Waals surface area contributed by atoms with Gasteiger partial charge in [-0.1, -0.05) is 17.7 Å². The van der Waals surface area contributed by atoms with Gasteiger partial charge in [-0.25, -0.2) is 13.1 Å². The van der Waals surface area contributed by atoms with Crippen LogP contribution >= 0.6 is 11.6 Å². The van der Waals surface area contributed by atoms with Crippen molar-refractivity contribution >= 4 is 27.5 Å². The van der Waals surface area contributed by atoms with Gasteiger partial charge in [-0.15, -0.1) is 0 Å². The summed E-state index contributed by atoms with van der Waals surface area (Å²) >= 11 is 5.90. The molecule has 6 nitrogen and oxygen atoms in total.